The van der Waals surface area contributed by atoms with Gasteiger partial charge in [-0.2, -0.15) is 0 Å². The molecule has 0 atom stereocenters. The minimum atomic E-state index is -0.0534. The second kappa shape index (κ2) is 10.3. The molecule has 0 N–H and O–H groups in total. The van der Waals surface area contributed by atoms with Crippen molar-refractivity contribution in [3.63, 3.8) is 0 Å². The van der Waals surface area contributed by atoms with Gasteiger partial charge in [-0.1, -0.05) is 117 Å². The van der Waals surface area contributed by atoms with Crippen molar-refractivity contribution < 1.29 is 0 Å². The molecule has 46 heavy (non-hydrogen) atoms. The van der Waals surface area contributed by atoms with Crippen molar-refractivity contribution in [2.45, 2.75) is 19.3 Å². The molecule has 1 aliphatic carbocycles. The Morgan fingerprint density at radius 1 is 0.413 bits per heavy atom. The van der Waals surface area contributed by atoms with Gasteiger partial charge in [0.25, 0.3) is 0 Å². The molecular weight excluding hydrogens is 579 g/mol. The zero-order valence-electron chi connectivity index (χ0n) is 25.5. The van der Waals surface area contributed by atoms with E-state index in [0.29, 0.717) is 17.5 Å². The van der Waals surface area contributed by atoms with Gasteiger partial charge in [-0.25, -0.2) is 15.0 Å². The highest BCUT2D eigenvalue weighted by Gasteiger charge is 2.35. The van der Waals surface area contributed by atoms with E-state index in [0.717, 1.165) is 22.3 Å². The van der Waals surface area contributed by atoms with E-state index in [1.165, 1.54) is 48.0 Å². The molecule has 0 bridgehead atoms. The number of benzene rings is 6. The van der Waals surface area contributed by atoms with Crippen LogP contribution in [0.25, 0.3) is 76.6 Å². The molecule has 0 spiro atoms. The molecule has 4 heteroatoms. The molecule has 2 heterocycles. The molecule has 6 aromatic carbocycles. The molecule has 0 fully saturated rings. The Kier molecular flexibility index (Phi) is 6.02. The van der Waals surface area contributed by atoms with Crippen LogP contribution in [0.1, 0.15) is 25.0 Å². The maximum atomic E-state index is 5.09. The van der Waals surface area contributed by atoms with Gasteiger partial charge in [0.1, 0.15) is 0 Å². The molecule has 2 aromatic heterocycles. The largest absolute Gasteiger partial charge is 0.208 e. The molecule has 1 aliphatic rings. The van der Waals surface area contributed by atoms with E-state index in [-0.39, 0.29) is 5.41 Å². The SMILES string of the molecule is CC1(C)c2ccccc2-c2ccc(-c3cccc(-c4nc(-c5ccccc5)nc(-c5ccc6sc7ccccc7c6c5)n4)c3)cc21. The zero-order chi connectivity index (χ0) is 30.8. The van der Waals surface area contributed by atoms with Crippen LogP contribution in [-0.4, -0.2) is 15.0 Å². The van der Waals surface area contributed by atoms with Crippen LogP contribution in [0.2, 0.25) is 0 Å². The second-order valence-corrected chi connectivity index (χ2v) is 13.6. The third-order valence-corrected chi connectivity index (χ3v) is 10.5. The van der Waals surface area contributed by atoms with Crippen LogP contribution in [0.5, 0.6) is 0 Å². The molecule has 0 amide bonds. The summed E-state index contributed by atoms with van der Waals surface area (Å²) in [4.78, 5) is 15.1. The lowest BCUT2D eigenvalue weighted by Crippen LogP contribution is -2.14. The molecule has 0 aliphatic heterocycles. The van der Waals surface area contributed by atoms with E-state index >= 15 is 0 Å². The lowest BCUT2D eigenvalue weighted by atomic mass is 9.81. The molecule has 0 saturated heterocycles. The zero-order valence-corrected chi connectivity index (χ0v) is 26.3. The van der Waals surface area contributed by atoms with Crippen LogP contribution in [0.4, 0.5) is 0 Å². The highest BCUT2D eigenvalue weighted by Crippen LogP contribution is 2.49. The predicted molar refractivity (Wildman–Crippen MR) is 192 cm³/mol. The number of hydrogen-bond acceptors (Lipinski definition) is 4. The Labute approximate surface area is 271 Å². The lowest BCUT2D eigenvalue weighted by Gasteiger charge is -2.22. The first kappa shape index (κ1) is 26.9. The number of fused-ring (bicyclic) bond motifs is 6. The van der Waals surface area contributed by atoms with Crippen molar-refractivity contribution in [2.24, 2.45) is 0 Å². The molecule has 218 valence electrons. The number of hydrogen-bond donors (Lipinski definition) is 0. The first-order chi connectivity index (χ1) is 22.5. The molecule has 9 rings (SSSR count). The minimum absolute atomic E-state index is 0.0534. The van der Waals surface area contributed by atoms with Crippen LogP contribution in [0.15, 0.2) is 140 Å². The number of thiophene rings is 1. The van der Waals surface area contributed by atoms with Gasteiger partial charge in [0, 0.05) is 42.3 Å². The van der Waals surface area contributed by atoms with E-state index in [2.05, 4.69) is 135 Å². The average Bonchev–Trinajstić information content (AvgIpc) is 3.60. The highest BCUT2D eigenvalue weighted by atomic mass is 32.1. The number of rotatable bonds is 4. The third-order valence-electron chi connectivity index (χ3n) is 9.34. The summed E-state index contributed by atoms with van der Waals surface area (Å²) in [6, 6.07) is 49.5. The summed E-state index contributed by atoms with van der Waals surface area (Å²) in [7, 11) is 0. The Morgan fingerprint density at radius 2 is 1.00 bits per heavy atom. The Balaban J connectivity index is 1.17. The first-order valence-corrected chi connectivity index (χ1v) is 16.4. The fraction of sp³-hybridized carbons (Fsp3) is 0.0714. The monoisotopic (exact) mass is 607 g/mol. The highest BCUT2D eigenvalue weighted by molar-refractivity contribution is 7.25. The molecule has 0 saturated carbocycles. The summed E-state index contributed by atoms with van der Waals surface area (Å²) in [6.45, 7) is 4.65. The number of nitrogens with zero attached hydrogens (tertiary/aromatic N) is 3. The van der Waals surface area contributed by atoms with Gasteiger partial charge >= 0.3 is 0 Å². The van der Waals surface area contributed by atoms with Gasteiger partial charge in [-0.05, 0) is 69.8 Å². The Hall–Kier alpha value is -5.45. The maximum Gasteiger partial charge on any atom is 0.164 e. The maximum absolute atomic E-state index is 5.09. The first-order valence-electron chi connectivity index (χ1n) is 15.6. The average molecular weight is 608 g/mol. The molecule has 8 aromatic rings. The van der Waals surface area contributed by atoms with Gasteiger partial charge in [-0.15, -0.1) is 11.3 Å². The Morgan fingerprint density at radius 3 is 1.85 bits per heavy atom. The van der Waals surface area contributed by atoms with E-state index in [9.17, 15) is 0 Å². The van der Waals surface area contributed by atoms with Crippen LogP contribution in [-0.2, 0) is 5.41 Å². The third kappa shape index (κ3) is 4.29. The van der Waals surface area contributed by atoms with Gasteiger partial charge in [0.15, 0.2) is 17.5 Å². The van der Waals surface area contributed by atoms with Gasteiger partial charge in [-0.3, -0.25) is 0 Å². The second-order valence-electron chi connectivity index (χ2n) is 12.5. The van der Waals surface area contributed by atoms with E-state index in [1.807, 2.05) is 29.5 Å². The topological polar surface area (TPSA) is 38.7 Å². The van der Waals surface area contributed by atoms with Crippen molar-refractivity contribution >= 4 is 31.5 Å². The van der Waals surface area contributed by atoms with Crippen molar-refractivity contribution in [2.75, 3.05) is 0 Å². The predicted octanol–water partition coefficient (Wildman–Crippen LogP) is 11.2. The summed E-state index contributed by atoms with van der Waals surface area (Å²) < 4.78 is 2.54. The number of aromatic nitrogens is 3. The summed E-state index contributed by atoms with van der Waals surface area (Å²) in [6.07, 6.45) is 0. The van der Waals surface area contributed by atoms with Gasteiger partial charge in [0.2, 0.25) is 0 Å². The summed E-state index contributed by atoms with van der Waals surface area (Å²) >= 11 is 1.82. The quantitative estimate of drug-likeness (QED) is 0.200. The molecular formula is C42H29N3S. The van der Waals surface area contributed by atoms with E-state index in [4.69, 9.17) is 15.0 Å². The smallest absolute Gasteiger partial charge is 0.164 e. The van der Waals surface area contributed by atoms with Crippen molar-refractivity contribution in [3.05, 3.63) is 151 Å². The van der Waals surface area contributed by atoms with Crippen LogP contribution >= 0.6 is 11.3 Å². The van der Waals surface area contributed by atoms with Crippen molar-refractivity contribution in [3.8, 4) is 56.4 Å². The minimum Gasteiger partial charge on any atom is -0.208 e. The van der Waals surface area contributed by atoms with E-state index in [1.54, 1.807) is 0 Å². The van der Waals surface area contributed by atoms with E-state index < -0.39 is 0 Å². The molecule has 3 nitrogen and oxygen atoms in total. The van der Waals surface area contributed by atoms with Gasteiger partial charge < -0.3 is 0 Å². The normalized spacial score (nSPS) is 13.2. The lowest BCUT2D eigenvalue weighted by molar-refractivity contribution is 0.660. The summed E-state index contributed by atoms with van der Waals surface area (Å²) in [5.41, 5.74) is 10.6. The van der Waals surface area contributed by atoms with Crippen molar-refractivity contribution in [1.29, 1.82) is 0 Å². The molecule has 0 radical (unpaired) electrons. The standard InChI is InChI=1S/C42H29N3S/c1-42(2)35-17-8-6-15-31(35)32-21-19-28(25-36(32)42)27-13-10-14-29(23-27)40-43-39(26-11-4-3-5-12-26)44-41(45-40)30-20-22-38-34(24-30)33-16-7-9-18-37(33)46-38/h3-25H,1-2H3. The van der Waals surface area contributed by atoms with Crippen LogP contribution < -0.4 is 0 Å². The fourth-order valence-corrected chi connectivity index (χ4v) is 8.02. The van der Waals surface area contributed by atoms with Crippen molar-refractivity contribution in [1.82, 2.24) is 15.0 Å². The summed E-state index contributed by atoms with van der Waals surface area (Å²) in [5, 5.41) is 2.49. The fourth-order valence-electron chi connectivity index (χ4n) is 6.94. The van der Waals surface area contributed by atoms with Crippen LogP contribution in [0.3, 0.4) is 0 Å². The van der Waals surface area contributed by atoms with Gasteiger partial charge in [0.05, 0.1) is 0 Å². The molecule has 0 unspecified atom stereocenters. The van der Waals surface area contributed by atoms with Crippen LogP contribution in [0, 0.1) is 0 Å². The Bertz CT molecular complexity index is 2460. The summed E-state index contributed by atoms with van der Waals surface area (Å²) in [5.74, 6) is 2.00.